The molecular weight excluding hydrogens is 388 g/mol. The van der Waals surface area contributed by atoms with Crippen LogP contribution in [-0.4, -0.2) is 10.4 Å². The third-order valence-electron chi connectivity index (χ3n) is 6.22. The van der Waals surface area contributed by atoms with Gasteiger partial charge < -0.3 is 9.47 Å². The minimum Gasteiger partial charge on any atom is -0.461 e. The fraction of sp³-hybridized carbons (Fsp3) is 0.308. The Morgan fingerprint density at radius 2 is 2.00 bits per heavy atom. The normalized spacial score (nSPS) is 20.9. The number of nitrogens with zero attached hydrogens (tertiary/aromatic N) is 2. The van der Waals surface area contributed by atoms with Crippen LogP contribution in [0.1, 0.15) is 60.2 Å². The second kappa shape index (κ2) is 7.40. The van der Waals surface area contributed by atoms with Crippen molar-refractivity contribution in [2.24, 2.45) is 0 Å². The molecule has 5 heteroatoms. The van der Waals surface area contributed by atoms with Gasteiger partial charge in [-0.05, 0) is 48.7 Å². The van der Waals surface area contributed by atoms with Gasteiger partial charge >= 0.3 is 0 Å². The second-order valence-electron chi connectivity index (χ2n) is 8.36. The molecule has 0 fully saturated rings. The van der Waals surface area contributed by atoms with E-state index in [9.17, 15) is 10.1 Å². The first kappa shape index (κ1) is 19.6. The summed E-state index contributed by atoms with van der Waals surface area (Å²) in [4.78, 5) is 13.7. The summed E-state index contributed by atoms with van der Waals surface area (Å²) >= 11 is 0. The summed E-state index contributed by atoms with van der Waals surface area (Å²) in [6.45, 7) is 4.06. The third kappa shape index (κ3) is 3.15. The van der Waals surface area contributed by atoms with Crippen LogP contribution in [0.5, 0.6) is 5.75 Å². The van der Waals surface area contributed by atoms with E-state index in [4.69, 9.17) is 9.47 Å². The summed E-state index contributed by atoms with van der Waals surface area (Å²) in [6.07, 6.45) is 2.76. The number of aryl methyl sites for hydroxylation is 1. The van der Waals surface area contributed by atoms with E-state index in [1.165, 1.54) is 0 Å². The largest absolute Gasteiger partial charge is 0.461 e. The Morgan fingerprint density at radius 1 is 1.19 bits per heavy atom. The molecule has 0 amide bonds. The highest BCUT2D eigenvalue weighted by Crippen LogP contribution is 2.49. The van der Waals surface area contributed by atoms with E-state index in [0.717, 1.165) is 41.8 Å². The number of ether oxygens (including phenoxy) is 2. The summed E-state index contributed by atoms with van der Waals surface area (Å²) in [5.41, 5.74) is 4.58. The van der Waals surface area contributed by atoms with Crippen molar-refractivity contribution >= 4 is 0 Å². The topological polar surface area (TPSA) is 64.2 Å². The Hall–Kier alpha value is -3.36. The van der Waals surface area contributed by atoms with Crippen LogP contribution in [0, 0.1) is 18.3 Å². The summed E-state index contributed by atoms with van der Waals surface area (Å²) < 4.78 is 14.7. The molecule has 0 saturated heterocycles. The molecule has 0 radical (unpaired) electrons. The van der Waals surface area contributed by atoms with Gasteiger partial charge in [-0.1, -0.05) is 37.6 Å². The Kier molecular flexibility index (Phi) is 4.68. The van der Waals surface area contributed by atoms with Crippen molar-refractivity contribution < 1.29 is 9.47 Å². The molecule has 5 nitrogen and oxygen atoms in total. The predicted molar refractivity (Wildman–Crippen MR) is 117 cm³/mol. The molecule has 2 aliphatic rings. The molecular formula is C26H24N2O3. The molecule has 31 heavy (non-hydrogen) atoms. The first-order chi connectivity index (χ1) is 15.0. The fourth-order valence-electron chi connectivity index (χ4n) is 4.76. The zero-order valence-electron chi connectivity index (χ0n) is 17.7. The lowest BCUT2D eigenvalue weighted by Gasteiger charge is -2.46. The van der Waals surface area contributed by atoms with Gasteiger partial charge in [0.15, 0.2) is 0 Å². The molecule has 3 heterocycles. The van der Waals surface area contributed by atoms with Gasteiger partial charge in [-0.2, -0.15) is 5.26 Å². The summed E-state index contributed by atoms with van der Waals surface area (Å²) in [5.74, 6) is -0.205. The molecule has 0 aliphatic carbocycles. The molecule has 0 saturated carbocycles. The second-order valence-corrected chi connectivity index (χ2v) is 8.36. The Balaban J connectivity index is 1.74. The van der Waals surface area contributed by atoms with Gasteiger partial charge in [-0.15, -0.1) is 0 Å². The van der Waals surface area contributed by atoms with Gasteiger partial charge in [0.05, 0.1) is 17.2 Å². The maximum atomic E-state index is 13.7. The highest BCUT2D eigenvalue weighted by atomic mass is 16.7. The lowest BCUT2D eigenvalue weighted by molar-refractivity contribution is -0.232. The van der Waals surface area contributed by atoms with Gasteiger partial charge in [-0.25, -0.2) is 0 Å². The highest BCUT2D eigenvalue weighted by Gasteiger charge is 2.48. The Labute approximate surface area is 181 Å². The average Bonchev–Trinajstić information content (AvgIpc) is 2.77. The van der Waals surface area contributed by atoms with Crippen LogP contribution < -0.4 is 10.3 Å². The van der Waals surface area contributed by atoms with Crippen molar-refractivity contribution in [3.05, 3.63) is 92.9 Å². The van der Waals surface area contributed by atoms with E-state index in [1.54, 1.807) is 10.6 Å². The monoisotopic (exact) mass is 412 g/mol. The van der Waals surface area contributed by atoms with Crippen LogP contribution in [-0.2, 0) is 11.2 Å². The number of aromatic nitrogens is 1. The van der Waals surface area contributed by atoms with Crippen molar-refractivity contribution in [2.45, 2.75) is 51.4 Å². The van der Waals surface area contributed by atoms with Gasteiger partial charge in [0.1, 0.15) is 11.9 Å². The lowest BCUT2D eigenvalue weighted by atomic mass is 9.84. The minimum absolute atomic E-state index is 0.132. The van der Waals surface area contributed by atoms with Crippen molar-refractivity contribution in [3.8, 4) is 17.5 Å². The fourth-order valence-corrected chi connectivity index (χ4v) is 4.76. The van der Waals surface area contributed by atoms with Gasteiger partial charge in [0.2, 0.25) is 5.79 Å². The van der Waals surface area contributed by atoms with Crippen LogP contribution in [0.4, 0.5) is 0 Å². The molecule has 0 spiro atoms. The molecule has 3 aromatic rings. The van der Waals surface area contributed by atoms with Gasteiger partial charge in [-0.3, -0.25) is 9.36 Å². The molecule has 2 bridgehead atoms. The summed E-state index contributed by atoms with van der Waals surface area (Å²) in [6, 6.07) is 19.4. The number of rotatable bonds is 4. The number of hydrogen-bond acceptors (Lipinski definition) is 4. The number of unbranched alkanes of at least 4 members (excludes halogenated alkanes) is 1. The van der Waals surface area contributed by atoms with E-state index in [0.29, 0.717) is 23.3 Å². The van der Waals surface area contributed by atoms with Crippen molar-refractivity contribution in [1.29, 1.82) is 5.26 Å². The van der Waals surface area contributed by atoms with Crippen LogP contribution in [0.15, 0.2) is 59.4 Å². The SMILES string of the molecule is CCCC[C@]12Cc3cc(C#N)ccc3[C@H](O1)c1c(cc(C)n(-c3ccccc3)c1=O)O2. The summed E-state index contributed by atoms with van der Waals surface area (Å²) in [7, 11) is 0. The number of benzene rings is 2. The quantitative estimate of drug-likeness (QED) is 0.608. The Bertz CT molecular complexity index is 1260. The number of nitriles is 1. The van der Waals surface area contributed by atoms with Crippen molar-refractivity contribution in [3.63, 3.8) is 0 Å². The highest BCUT2D eigenvalue weighted by molar-refractivity contribution is 5.51. The molecule has 0 N–H and O–H groups in total. The van der Waals surface area contributed by atoms with Crippen molar-refractivity contribution in [2.75, 3.05) is 0 Å². The molecule has 1 aromatic heterocycles. The third-order valence-corrected chi connectivity index (χ3v) is 6.22. The lowest BCUT2D eigenvalue weighted by Crippen LogP contribution is -2.50. The number of para-hydroxylation sites is 1. The first-order valence-corrected chi connectivity index (χ1v) is 10.8. The van der Waals surface area contributed by atoms with E-state index in [-0.39, 0.29) is 5.56 Å². The van der Waals surface area contributed by atoms with Crippen molar-refractivity contribution in [1.82, 2.24) is 4.57 Å². The Morgan fingerprint density at radius 3 is 2.74 bits per heavy atom. The van der Waals surface area contributed by atoms with Crippen LogP contribution in [0.3, 0.4) is 0 Å². The number of fused-ring (bicyclic) bond motifs is 6. The van der Waals surface area contributed by atoms with Crippen LogP contribution >= 0.6 is 0 Å². The maximum absolute atomic E-state index is 13.7. The van der Waals surface area contributed by atoms with E-state index >= 15 is 0 Å². The van der Waals surface area contributed by atoms with Gasteiger partial charge in [0, 0.05) is 30.3 Å². The van der Waals surface area contributed by atoms with Crippen LogP contribution in [0.2, 0.25) is 0 Å². The minimum atomic E-state index is -0.813. The van der Waals surface area contributed by atoms with E-state index in [2.05, 4.69) is 13.0 Å². The standard InChI is InChI=1S/C26H24N2O3/c1-3-4-12-26-15-19-14-18(16-27)10-11-21(19)24(31-26)23-22(30-26)13-17(2)28(25(23)29)20-8-6-5-7-9-20/h5-11,13-14,24H,3-4,12,15H2,1-2H3/t24-,26+/m0/s1. The van der Waals surface area contributed by atoms with Gasteiger partial charge in [0.25, 0.3) is 5.56 Å². The van der Waals surface area contributed by atoms with E-state index < -0.39 is 11.9 Å². The molecule has 0 unspecified atom stereocenters. The molecule has 156 valence electrons. The zero-order chi connectivity index (χ0) is 21.6. The number of hydrogen-bond donors (Lipinski definition) is 0. The molecule has 5 rings (SSSR count). The molecule has 2 aliphatic heterocycles. The molecule has 2 aromatic carbocycles. The summed E-state index contributed by atoms with van der Waals surface area (Å²) in [5, 5.41) is 9.38. The average molecular weight is 412 g/mol. The van der Waals surface area contributed by atoms with Crippen LogP contribution in [0.25, 0.3) is 5.69 Å². The van der Waals surface area contributed by atoms with E-state index in [1.807, 2.05) is 55.5 Å². The molecule has 2 atom stereocenters. The smallest absolute Gasteiger partial charge is 0.265 e. The predicted octanol–water partition coefficient (Wildman–Crippen LogP) is 4.96. The maximum Gasteiger partial charge on any atom is 0.265 e. The zero-order valence-corrected chi connectivity index (χ0v) is 17.7. The number of pyridine rings is 1. The first-order valence-electron chi connectivity index (χ1n) is 10.8.